The fourth-order valence-corrected chi connectivity index (χ4v) is 8.21. The number of hydrogen-bond donors (Lipinski definition) is 2. The zero-order chi connectivity index (χ0) is 33.2. The summed E-state index contributed by atoms with van der Waals surface area (Å²) in [6.45, 7) is -0.0646. The van der Waals surface area contributed by atoms with Gasteiger partial charge in [-0.15, -0.1) is 22.7 Å². The van der Waals surface area contributed by atoms with Gasteiger partial charge in [0.2, 0.25) is 0 Å². The monoisotopic (exact) mass is 726 g/mol. The first kappa shape index (κ1) is 33.0. The van der Waals surface area contributed by atoms with E-state index in [0.29, 0.717) is 41.0 Å². The van der Waals surface area contributed by atoms with Gasteiger partial charge >= 0.3 is 22.4 Å². The largest absolute Gasteiger partial charge is 0.492 e. The number of benzene rings is 1. The molecule has 47 heavy (non-hydrogen) atoms. The number of anilines is 2. The molecule has 0 bridgehead atoms. The summed E-state index contributed by atoms with van der Waals surface area (Å²) in [5, 5.41) is 7.46. The van der Waals surface area contributed by atoms with Gasteiger partial charge in [0.05, 0.1) is 15.9 Å². The number of pyridine rings is 2. The van der Waals surface area contributed by atoms with Crippen molar-refractivity contribution in [1.82, 2.24) is 24.1 Å². The van der Waals surface area contributed by atoms with Crippen molar-refractivity contribution in [2.75, 3.05) is 18.4 Å². The Morgan fingerprint density at radius 3 is 2.57 bits per heavy atom. The molecule has 2 N–H and O–H groups in total. The maximum atomic E-state index is 13.6. The molecule has 1 fully saturated rings. The Balaban J connectivity index is 1.14. The number of nitrogens with zero attached hydrogens (tertiary/aromatic N) is 4. The lowest BCUT2D eigenvalue weighted by Gasteiger charge is -2.29. The average Bonchev–Trinajstić information content (AvgIpc) is 3.73. The molecule has 0 spiro atoms. The summed E-state index contributed by atoms with van der Waals surface area (Å²) in [6.07, 6.45) is -1.26. The van der Waals surface area contributed by atoms with Crippen LogP contribution in [0.2, 0.25) is 0 Å². The molecule has 1 aliphatic heterocycles. The van der Waals surface area contributed by atoms with Crippen molar-refractivity contribution in [3.63, 3.8) is 0 Å². The van der Waals surface area contributed by atoms with Gasteiger partial charge in [-0.25, -0.2) is 19.2 Å². The summed E-state index contributed by atoms with van der Waals surface area (Å²) in [4.78, 5) is 31.2. The first-order chi connectivity index (χ1) is 22.4. The Kier molecular flexibility index (Phi) is 9.62. The van der Waals surface area contributed by atoms with Crippen molar-refractivity contribution < 1.29 is 40.3 Å². The van der Waals surface area contributed by atoms with Crippen LogP contribution in [0.15, 0.2) is 75.4 Å². The lowest BCUT2D eigenvalue weighted by atomic mass is 9.95. The van der Waals surface area contributed by atoms with Crippen LogP contribution < -0.4 is 14.9 Å². The molecule has 246 valence electrons. The number of rotatable bonds is 10. The fraction of sp³-hybridized carbons (Fsp3) is 0.214. The van der Waals surface area contributed by atoms with E-state index in [-0.39, 0.29) is 19.0 Å². The van der Waals surface area contributed by atoms with E-state index in [4.69, 9.17) is 4.74 Å². The van der Waals surface area contributed by atoms with Crippen molar-refractivity contribution in [2.45, 2.75) is 34.7 Å². The quantitative estimate of drug-likeness (QED) is 0.114. The molecule has 1 aromatic carbocycles. The highest BCUT2D eigenvalue weighted by molar-refractivity contribution is 7.99. The van der Waals surface area contributed by atoms with Crippen LogP contribution in [0.5, 0.6) is 11.5 Å². The lowest BCUT2D eigenvalue weighted by Crippen LogP contribution is -2.46. The number of halogens is 4. The Labute approximate surface area is 277 Å². The molecule has 4 aromatic heterocycles. The molecule has 0 aliphatic carbocycles. The minimum Gasteiger partial charge on any atom is -0.453 e. The van der Waals surface area contributed by atoms with Crippen molar-refractivity contribution >= 4 is 71.8 Å². The van der Waals surface area contributed by atoms with Gasteiger partial charge in [0, 0.05) is 52.6 Å². The molecule has 0 unspecified atom stereocenters. The van der Waals surface area contributed by atoms with Crippen LogP contribution >= 0.6 is 34.4 Å². The molecule has 19 heteroatoms. The second kappa shape index (κ2) is 13.7. The second-order valence-electron chi connectivity index (χ2n) is 9.97. The van der Waals surface area contributed by atoms with Gasteiger partial charge in [-0.1, -0.05) is 11.8 Å². The third-order valence-corrected chi connectivity index (χ3v) is 11.0. The van der Waals surface area contributed by atoms with Crippen molar-refractivity contribution in [3.05, 3.63) is 77.1 Å². The minimum absolute atomic E-state index is 0.0323. The molecule has 1 aliphatic rings. The highest BCUT2D eigenvalue weighted by Gasteiger charge is 2.43. The molecule has 1 saturated heterocycles. The molecule has 5 aromatic rings. The number of piperidine rings is 1. The molecular weight excluding hydrogens is 705 g/mol. The summed E-state index contributed by atoms with van der Waals surface area (Å²) in [5.74, 6) is -2.09. The molecule has 11 nitrogen and oxygen atoms in total. The molecule has 6 rings (SSSR count). The van der Waals surface area contributed by atoms with Crippen LogP contribution in [0.1, 0.15) is 24.5 Å². The molecule has 0 amide bonds. The maximum Gasteiger partial charge on any atom is 0.492 e. The Morgan fingerprint density at radius 1 is 1.06 bits per heavy atom. The van der Waals surface area contributed by atoms with Crippen LogP contribution in [0.25, 0.3) is 10.2 Å². The van der Waals surface area contributed by atoms with Crippen LogP contribution in [0.3, 0.4) is 0 Å². The first-order valence-corrected chi connectivity index (χ1v) is 17.7. The summed E-state index contributed by atoms with van der Waals surface area (Å²) in [5.41, 5.74) is 1.58. The van der Waals surface area contributed by atoms with Crippen LogP contribution in [-0.4, -0.2) is 52.9 Å². The third kappa shape index (κ3) is 7.99. The predicted octanol–water partition coefficient (Wildman–Crippen LogP) is 7.01. The van der Waals surface area contributed by atoms with Gasteiger partial charge in [0.1, 0.15) is 11.6 Å². The zero-order valence-corrected chi connectivity index (χ0v) is 27.0. The predicted molar refractivity (Wildman–Crippen MR) is 168 cm³/mol. The number of aromatic nitrogens is 3. The van der Waals surface area contributed by atoms with Crippen molar-refractivity contribution in [1.29, 1.82) is 0 Å². The van der Waals surface area contributed by atoms with Gasteiger partial charge in [-0.3, -0.25) is 4.98 Å². The summed E-state index contributed by atoms with van der Waals surface area (Å²) < 4.78 is 83.3. The highest BCUT2D eigenvalue weighted by atomic mass is 32.2. The second-order valence-corrected chi connectivity index (χ2v) is 14.5. The smallest absolute Gasteiger partial charge is 0.453 e. The van der Waals surface area contributed by atoms with Gasteiger partial charge in [0.15, 0.2) is 16.7 Å². The number of thiazole rings is 1. The van der Waals surface area contributed by atoms with Crippen molar-refractivity contribution in [2.24, 2.45) is 0 Å². The standard InChI is InChI=1S/C28H22F4N6O5S4/c29-17-1-3-18(4-2-17)42-22-13-19(46-23-5-9-33-20-8-12-44-24(20)23)14-34-25(22)36-27-35-21(15-45-27)16-6-10-38(11-7-16)47(40,41)37-43-26(39)28(30,31)32/h1-5,8-9,12-16,37H,6-7,10-11H2,(H,34,35,36). The van der Waals surface area contributed by atoms with Crippen LogP contribution in [0.4, 0.5) is 28.5 Å². The molecule has 0 saturated carbocycles. The number of alkyl halides is 3. The summed E-state index contributed by atoms with van der Waals surface area (Å²) in [6, 6.07) is 11.3. The Morgan fingerprint density at radius 2 is 1.83 bits per heavy atom. The summed E-state index contributed by atoms with van der Waals surface area (Å²) in [7, 11) is -4.48. The van der Waals surface area contributed by atoms with E-state index in [1.54, 1.807) is 23.7 Å². The van der Waals surface area contributed by atoms with Gasteiger partial charge < -0.3 is 14.9 Å². The van der Waals surface area contributed by atoms with Crippen LogP contribution in [-0.2, 0) is 19.8 Å². The van der Waals surface area contributed by atoms with E-state index >= 15 is 0 Å². The normalized spacial score (nSPS) is 14.7. The number of carbonyl (C=O) groups is 1. The molecule has 0 radical (unpaired) electrons. The average molecular weight is 727 g/mol. The Bertz CT molecular complexity index is 2000. The van der Waals surface area contributed by atoms with Gasteiger partial charge in [0.25, 0.3) is 0 Å². The number of thiophene rings is 1. The highest BCUT2D eigenvalue weighted by Crippen LogP contribution is 2.40. The summed E-state index contributed by atoms with van der Waals surface area (Å²) >= 11 is 4.38. The number of fused-ring (bicyclic) bond motifs is 1. The van der Waals surface area contributed by atoms with E-state index in [1.807, 2.05) is 29.0 Å². The van der Waals surface area contributed by atoms with Gasteiger partial charge in [-0.05, 0) is 59.5 Å². The van der Waals surface area contributed by atoms with E-state index in [1.165, 1.54) is 52.2 Å². The van der Waals surface area contributed by atoms with E-state index in [9.17, 15) is 30.8 Å². The zero-order valence-electron chi connectivity index (χ0n) is 23.7. The Hall–Kier alpha value is -3.88. The van der Waals surface area contributed by atoms with Crippen LogP contribution in [0, 0.1) is 5.82 Å². The third-order valence-electron chi connectivity index (χ3n) is 6.84. The number of ether oxygens (including phenoxy) is 1. The topological polar surface area (TPSA) is 136 Å². The SMILES string of the molecule is O=C(ONS(=O)(=O)N1CCC(c2csc(Nc3ncc(Sc4ccnc5ccsc45)cc3Oc3ccc(F)cc3)n2)CC1)C(F)(F)F. The molecule has 0 atom stereocenters. The van der Waals surface area contributed by atoms with E-state index in [0.717, 1.165) is 24.3 Å². The van der Waals surface area contributed by atoms with Gasteiger partial charge in [-0.2, -0.15) is 25.9 Å². The van der Waals surface area contributed by atoms with Crippen molar-refractivity contribution in [3.8, 4) is 11.5 Å². The molecule has 5 heterocycles. The minimum atomic E-state index is -5.34. The molecular formula is C28H22F4N6O5S4. The maximum absolute atomic E-state index is 13.6. The first-order valence-electron chi connectivity index (χ1n) is 13.7. The number of carbonyl (C=O) groups excluding carboxylic acids is 1. The number of hydrogen-bond acceptors (Lipinski definition) is 12. The fourth-order valence-electron chi connectivity index (χ4n) is 4.57. The van der Waals surface area contributed by atoms with E-state index < -0.39 is 28.2 Å². The lowest BCUT2D eigenvalue weighted by molar-refractivity contribution is -0.203. The number of nitrogens with one attached hydrogen (secondary N) is 2. The van der Waals surface area contributed by atoms with E-state index in [2.05, 4.69) is 25.1 Å².